The van der Waals surface area contributed by atoms with Gasteiger partial charge in [0, 0.05) is 16.8 Å². The number of hydrogen-bond acceptors (Lipinski definition) is 5. The van der Waals surface area contributed by atoms with Crippen molar-refractivity contribution in [2.45, 2.75) is 51.0 Å². The van der Waals surface area contributed by atoms with Crippen LogP contribution in [-0.4, -0.2) is 27.7 Å². The van der Waals surface area contributed by atoms with Gasteiger partial charge in [0.25, 0.3) is 0 Å². The van der Waals surface area contributed by atoms with E-state index in [4.69, 9.17) is 15.5 Å². The maximum Gasteiger partial charge on any atom is 0.469 e. The lowest BCUT2D eigenvalue weighted by Crippen LogP contribution is -2.44. The van der Waals surface area contributed by atoms with E-state index >= 15 is 0 Å². The third-order valence-electron chi connectivity index (χ3n) is 4.74. The largest absolute Gasteiger partial charge is 0.469 e. The van der Waals surface area contributed by atoms with Crippen LogP contribution in [0.5, 0.6) is 0 Å². The van der Waals surface area contributed by atoms with Gasteiger partial charge in [-0.3, -0.25) is 9.32 Å². The molecular weight excluding hydrogens is 397 g/mol. The topological polar surface area (TPSA) is 110 Å². The first-order valence-corrected chi connectivity index (χ1v) is 11.7. The van der Waals surface area contributed by atoms with Gasteiger partial charge in [0.15, 0.2) is 5.78 Å². The second-order valence-electron chi connectivity index (χ2n) is 7.01. The number of rotatable bonds is 12. The van der Waals surface area contributed by atoms with Crippen LogP contribution in [0.15, 0.2) is 42.5 Å². The molecule has 0 aliphatic heterocycles. The summed E-state index contributed by atoms with van der Waals surface area (Å²) in [5.74, 6) is 0.145. The van der Waals surface area contributed by atoms with Crippen molar-refractivity contribution in [2.75, 3.05) is 6.61 Å². The molecule has 6 nitrogen and oxygen atoms in total. The minimum atomic E-state index is -4.54. The van der Waals surface area contributed by atoms with Crippen molar-refractivity contribution >= 4 is 24.9 Å². The van der Waals surface area contributed by atoms with E-state index < -0.39 is 13.4 Å². The summed E-state index contributed by atoms with van der Waals surface area (Å²) in [5, 5.41) is 0. The van der Waals surface area contributed by atoms with E-state index in [2.05, 4.69) is 16.7 Å². The van der Waals surface area contributed by atoms with Gasteiger partial charge in [-0.2, -0.15) is 0 Å². The summed E-state index contributed by atoms with van der Waals surface area (Å²) < 4.78 is 15.5. The van der Waals surface area contributed by atoms with Gasteiger partial charge in [-0.15, -0.1) is 11.3 Å². The Morgan fingerprint density at radius 3 is 2.54 bits per heavy atom. The summed E-state index contributed by atoms with van der Waals surface area (Å²) in [7, 11) is -4.54. The van der Waals surface area contributed by atoms with Gasteiger partial charge in [0.05, 0.1) is 11.5 Å². The summed E-state index contributed by atoms with van der Waals surface area (Å²) in [4.78, 5) is 31.9. The molecule has 28 heavy (non-hydrogen) atoms. The van der Waals surface area contributed by atoms with Crippen LogP contribution >= 0.6 is 19.2 Å². The first kappa shape index (κ1) is 22.9. The standard InChI is InChI=1S/C20H28NO5PS/c1-2-20(21,15-26-27(23,24)25)14-13-17-11-12-19(28-17)18(22)10-6-9-16-7-4-3-5-8-16/h3-5,7-8,11-12H,2,6,9-10,13-15,21H2,1H3,(H2,23,24,25). The third-order valence-corrected chi connectivity index (χ3v) is 6.39. The lowest BCUT2D eigenvalue weighted by molar-refractivity contribution is 0.0984. The average Bonchev–Trinajstić information content (AvgIpc) is 3.14. The van der Waals surface area contributed by atoms with Crippen LogP contribution in [0.2, 0.25) is 0 Å². The molecule has 0 aliphatic rings. The first-order chi connectivity index (χ1) is 13.2. The SMILES string of the molecule is CCC(N)(CCc1ccc(C(=O)CCCc2ccccc2)s1)COP(=O)(O)O. The Bertz CT molecular complexity index is 804. The zero-order chi connectivity index (χ0) is 20.6. The summed E-state index contributed by atoms with van der Waals surface area (Å²) in [6.45, 7) is 1.66. The number of aryl methyl sites for hydroxylation is 2. The fourth-order valence-electron chi connectivity index (χ4n) is 2.82. The Kier molecular flexibility index (Phi) is 8.56. The quantitative estimate of drug-likeness (QED) is 0.349. The molecule has 2 aromatic rings. The number of phosphoric acid groups is 1. The minimum Gasteiger partial charge on any atom is -0.323 e. The van der Waals surface area contributed by atoms with Gasteiger partial charge in [-0.05, 0) is 49.8 Å². The molecule has 8 heteroatoms. The van der Waals surface area contributed by atoms with E-state index in [9.17, 15) is 9.36 Å². The van der Waals surface area contributed by atoms with Crippen LogP contribution < -0.4 is 5.73 Å². The highest BCUT2D eigenvalue weighted by atomic mass is 32.1. The number of Topliss-reactive ketones (excluding diaryl/α,β-unsaturated/α-hetero) is 1. The lowest BCUT2D eigenvalue weighted by Gasteiger charge is -2.27. The van der Waals surface area contributed by atoms with Crippen LogP contribution in [0.25, 0.3) is 0 Å². The molecular formula is C20H28NO5PS. The molecule has 1 atom stereocenters. The highest BCUT2D eigenvalue weighted by Crippen LogP contribution is 2.37. The van der Waals surface area contributed by atoms with E-state index in [1.54, 1.807) is 0 Å². The first-order valence-electron chi connectivity index (χ1n) is 9.35. The van der Waals surface area contributed by atoms with Gasteiger partial charge in [0.2, 0.25) is 0 Å². The number of benzene rings is 1. The Morgan fingerprint density at radius 1 is 1.18 bits per heavy atom. The molecule has 0 radical (unpaired) electrons. The lowest BCUT2D eigenvalue weighted by atomic mass is 9.92. The molecule has 0 fully saturated rings. The van der Waals surface area contributed by atoms with Crippen LogP contribution in [-0.2, 0) is 21.9 Å². The zero-order valence-electron chi connectivity index (χ0n) is 16.0. The van der Waals surface area contributed by atoms with Gasteiger partial charge >= 0.3 is 7.82 Å². The molecule has 2 rings (SSSR count). The molecule has 0 saturated carbocycles. The van der Waals surface area contributed by atoms with Gasteiger partial charge < -0.3 is 15.5 Å². The summed E-state index contributed by atoms with van der Waals surface area (Å²) in [5.41, 5.74) is 6.63. The molecule has 1 aromatic carbocycles. The van der Waals surface area contributed by atoms with Gasteiger partial charge in [-0.1, -0.05) is 37.3 Å². The maximum atomic E-state index is 12.4. The van der Waals surface area contributed by atoms with Crippen molar-refractivity contribution in [1.29, 1.82) is 0 Å². The Labute approximate surface area is 170 Å². The number of nitrogens with two attached hydrogens (primary N) is 1. The van der Waals surface area contributed by atoms with Crippen molar-refractivity contribution < 1.29 is 23.7 Å². The Hall–Kier alpha value is -1.34. The van der Waals surface area contributed by atoms with Crippen molar-refractivity contribution in [3.63, 3.8) is 0 Å². The minimum absolute atomic E-state index is 0.145. The number of carbonyl (C=O) groups excluding carboxylic acids is 1. The maximum absolute atomic E-state index is 12.4. The number of phosphoric ester groups is 1. The summed E-state index contributed by atoms with van der Waals surface area (Å²) >= 11 is 1.46. The summed E-state index contributed by atoms with van der Waals surface area (Å²) in [6, 6.07) is 13.9. The molecule has 0 bridgehead atoms. The van der Waals surface area contributed by atoms with E-state index in [1.807, 2.05) is 37.3 Å². The van der Waals surface area contributed by atoms with Crippen LogP contribution in [0.4, 0.5) is 0 Å². The molecule has 0 saturated heterocycles. The molecule has 0 amide bonds. The predicted octanol–water partition coefficient (Wildman–Crippen LogP) is 4.10. The van der Waals surface area contributed by atoms with E-state index in [-0.39, 0.29) is 12.4 Å². The van der Waals surface area contributed by atoms with E-state index in [0.29, 0.717) is 25.7 Å². The smallest absolute Gasteiger partial charge is 0.323 e. The molecule has 1 unspecified atom stereocenters. The molecule has 154 valence electrons. The highest BCUT2D eigenvalue weighted by Gasteiger charge is 2.27. The number of ketones is 1. The van der Waals surface area contributed by atoms with Crippen molar-refractivity contribution in [1.82, 2.24) is 0 Å². The Balaban J connectivity index is 1.82. The van der Waals surface area contributed by atoms with E-state index in [1.165, 1.54) is 16.9 Å². The molecule has 0 spiro atoms. The predicted molar refractivity (Wildman–Crippen MR) is 112 cm³/mol. The fourth-order valence-corrected chi connectivity index (χ4v) is 4.22. The summed E-state index contributed by atoms with van der Waals surface area (Å²) in [6.07, 6.45) is 3.90. The zero-order valence-corrected chi connectivity index (χ0v) is 17.8. The van der Waals surface area contributed by atoms with E-state index in [0.717, 1.165) is 22.6 Å². The monoisotopic (exact) mass is 425 g/mol. The van der Waals surface area contributed by atoms with Gasteiger partial charge in [0.1, 0.15) is 0 Å². The van der Waals surface area contributed by atoms with Crippen molar-refractivity contribution in [2.24, 2.45) is 5.73 Å². The van der Waals surface area contributed by atoms with Gasteiger partial charge in [-0.25, -0.2) is 4.57 Å². The van der Waals surface area contributed by atoms with Crippen LogP contribution in [0.3, 0.4) is 0 Å². The molecule has 1 aromatic heterocycles. The number of thiophene rings is 1. The third kappa shape index (κ3) is 7.95. The van der Waals surface area contributed by atoms with Crippen LogP contribution in [0.1, 0.15) is 52.7 Å². The average molecular weight is 425 g/mol. The van der Waals surface area contributed by atoms with Crippen molar-refractivity contribution in [3.8, 4) is 0 Å². The molecule has 0 aliphatic carbocycles. The van der Waals surface area contributed by atoms with Crippen LogP contribution in [0, 0.1) is 0 Å². The normalized spacial score (nSPS) is 14.0. The Morgan fingerprint density at radius 2 is 1.89 bits per heavy atom. The number of hydrogen-bond donors (Lipinski definition) is 3. The second kappa shape index (κ2) is 10.4. The van der Waals surface area contributed by atoms with Crippen molar-refractivity contribution in [3.05, 3.63) is 57.8 Å². The molecule has 4 N–H and O–H groups in total. The number of carbonyl (C=O) groups is 1. The fraction of sp³-hybridized carbons (Fsp3) is 0.450. The molecule has 1 heterocycles. The second-order valence-corrected chi connectivity index (χ2v) is 9.42. The highest BCUT2D eigenvalue weighted by molar-refractivity contribution is 7.46.